The van der Waals surface area contributed by atoms with Crippen molar-refractivity contribution in [1.82, 2.24) is 5.43 Å². The van der Waals surface area contributed by atoms with Crippen LogP contribution in [0.3, 0.4) is 0 Å². The monoisotopic (exact) mass is 469 g/mol. The number of hydrogen-bond acceptors (Lipinski definition) is 5. The molecule has 0 bridgehead atoms. The van der Waals surface area contributed by atoms with E-state index in [0.29, 0.717) is 18.1 Å². The topological polar surface area (TPSA) is 88.1 Å². The Hall–Kier alpha value is -3.72. The smallest absolute Gasteiger partial charge is 0.264 e. The number of hydrazone groups is 1. The number of benzene rings is 3. The molecule has 0 fully saturated rings. The average Bonchev–Trinajstić information content (AvgIpc) is 2.83. The first kappa shape index (κ1) is 23.9. The van der Waals surface area contributed by atoms with Gasteiger partial charge in [-0.25, -0.2) is 18.2 Å². The first-order valence-electron chi connectivity index (χ1n) is 10.2. The van der Waals surface area contributed by atoms with Gasteiger partial charge in [0.05, 0.1) is 22.9 Å². The normalized spacial score (nSPS) is 11.7. The molecule has 0 saturated heterocycles. The van der Waals surface area contributed by atoms with E-state index in [0.717, 1.165) is 15.9 Å². The number of nitrogens with zero attached hydrogens (tertiary/aromatic N) is 2. The van der Waals surface area contributed by atoms with Crippen molar-refractivity contribution in [3.8, 4) is 5.75 Å². The minimum absolute atomic E-state index is 0.0601. The highest BCUT2D eigenvalue weighted by atomic mass is 32.2. The number of carbonyl (C=O) groups is 1. The van der Waals surface area contributed by atoms with Crippen molar-refractivity contribution in [2.24, 2.45) is 5.10 Å². The number of sulfonamides is 1. The fraction of sp³-hybridized carbons (Fsp3) is 0.167. The number of amides is 1. The molecule has 0 unspecified atom stereocenters. The quantitative estimate of drug-likeness (QED) is 0.380. The van der Waals surface area contributed by atoms with Gasteiger partial charge in [0.15, 0.2) is 0 Å². The van der Waals surface area contributed by atoms with Crippen molar-refractivity contribution >= 4 is 27.3 Å². The first-order chi connectivity index (χ1) is 15.8. The standard InChI is InChI=1S/C24H24FN3O4S/c1-3-32-20-15-13-19(14-16-20)18(2)26-27-24(29)17-28(23-12-8-7-11-22(23)25)33(30,31)21-9-5-4-6-10-21/h4-16H,3,17H2,1-2H3,(H,27,29)/b26-18-. The lowest BCUT2D eigenvalue weighted by Gasteiger charge is -2.24. The van der Waals surface area contributed by atoms with E-state index in [2.05, 4.69) is 10.5 Å². The minimum Gasteiger partial charge on any atom is -0.494 e. The fourth-order valence-electron chi connectivity index (χ4n) is 3.01. The molecule has 7 nitrogen and oxygen atoms in total. The Bertz CT molecular complexity index is 1230. The summed E-state index contributed by atoms with van der Waals surface area (Å²) in [6.45, 7) is 3.48. The summed E-state index contributed by atoms with van der Waals surface area (Å²) in [7, 11) is -4.20. The van der Waals surface area contributed by atoms with Crippen LogP contribution in [0.5, 0.6) is 5.75 Å². The minimum atomic E-state index is -4.20. The van der Waals surface area contributed by atoms with Crippen LogP contribution in [0.2, 0.25) is 0 Å². The zero-order chi connectivity index (χ0) is 23.8. The Balaban J connectivity index is 1.82. The molecule has 0 atom stereocenters. The summed E-state index contributed by atoms with van der Waals surface area (Å²) in [4.78, 5) is 12.6. The zero-order valence-electron chi connectivity index (χ0n) is 18.2. The van der Waals surface area contributed by atoms with Crippen LogP contribution in [0.15, 0.2) is 88.9 Å². The lowest BCUT2D eigenvalue weighted by molar-refractivity contribution is -0.119. The molecule has 0 aliphatic carbocycles. The summed E-state index contributed by atoms with van der Waals surface area (Å²) in [6, 6.07) is 20.1. The zero-order valence-corrected chi connectivity index (χ0v) is 19.0. The molecular weight excluding hydrogens is 445 g/mol. The average molecular weight is 470 g/mol. The van der Waals surface area contributed by atoms with Crippen LogP contribution in [0.1, 0.15) is 19.4 Å². The lowest BCUT2D eigenvalue weighted by atomic mass is 10.1. The van der Waals surface area contributed by atoms with Crippen molar-refractivity contribution in [3.05, 3.63) is 90.2 Å². The number of carbonyl (C=O) groups excluding carboxylic acids is 1. The van der Waals surface area contributed by atoms with E-state index in [9.17, 15) is 17.6 Å². The number of ether oxygens (including phenoxy) is 1. The van der Waals surface area contributed by atoms with Gasteiger partial charge in [0, 0.05) is 0 Å². The molecular formula is C24H24FN3O4S. The molecule has 0 aliphatic rings. The molecule has 172 valence electrons. The van der Waals surface area contributed by atoms with E-state index >= 15 is 0 Å². The van der Waals surface area contributed by atoms with Gasteiger partial charge in [-0.3, -0.25) is 9.10 Å². The maximum Gasteiger partial charge on any atom is 0.264 e. The molecule has 33 heavy (non-hydrogen) atoms. The van der Waals surface area contributed by atoms with Crippen LogP contribution in [0.4, 0.5) is 10.1 Å². The maximum atomic E-state index is 14.5. The number of para-hydroxylation sites is 1. The third-order valence-corrected chi connectivity index (χ3v) is 6.44. The molecule has 3 aromatic carbocycles. The van der Waals surface area contributed by atoms with Gasteiger partial charge in [-0.2, -0.15) is 5.10 Å². The Kier molecular flexibility index (Phi) is 7.78. The Morgan fingerprint density at radius 2 is 1.64 bits per heavy atom. The Morgan fingerprint density at radius 3 is 2.27 bits per heavy atom. The van der Waals surface area contributed by atoms with Crippen LogP contribution in [0, 0.1) is 5.82 Å². The van der Waals surface area contributed by atoms with Crippen molar-refractivity contribution in [1.29, 1.82) is 0 Å². The molecule has 3 aromatic rings. The van der Waals surface area contributed by atoms with Crippen molar-refractivity contribution < 1.29 is 22.3 Å². The van der Waals surface area contributed by atoms with Gasteiger partial charge < -0.3 is 4.74 Å². The molecule has 0 aromatic heterocycles. The highest BCUT2D eigenvalue weighted by Crippen LogP contribution is 2.26. The molecule has 1 N–H and O–H groups in total. The summed E-state index contributed by atoms with van der Waals surface area (Å²) in [5.74, 6) is -0.772. The van der Waals surface area contributed by atoms with E-state index in [1.54, 1.807) is 49.4 Å². The van der Waals surface area contributed by atoms with E-state index in [1.165, 1.54) is 30.3 Å². The molecule has 3 rings (SSSR count). The lowest BCUT2D eigenvalue weighted by Crippen LogP contribution is -2.40. The number of halogens is 1. The summed E-state index contributed by atoms with van der Waals surface area (Å²) in [5.41, 5.74) is 3.38. The van der Waals surface area contributed by atoms with Gasteiger partial charge in [0.1, 0.15) is 18.1 Å². The number of anilines is 1. The predicted octanol–water partition coefficient (Wildman–Crippen LogP) is 3.96. The molecule has 0 saturated carbocycles. The van der Waals surface area contributed by atoms with Gasteiger partial charge in [-0.05, 0) is 67.9 Å². The Labute approximate surface area is 192 Å². The van der Waals surface area contributed by atoms with E-state index < -0.39 is 28.3 Å². The largest absolute Gasteiger partial charge is 0.494 e. The SMILES string of the molecule is CCOc1ccc(/C(C)=N\NC(=O)CN(c2ccccc2F)S(=O)(=O)c2ccccc2)cc1. The number of nitrogens with one attached hydrogen (secondary N) is 1. The van der Waals surface area contributed by atoms with Gasteiger partial charge in [-0.15, -0.1) is 0 Å². The highest BCUT2D eigenvalue weighted by molar-refractivity contribution is 7.92. The van der Waals surface area contributed by atoms with E-state index in [1.807, 2.05) is 6.92 Å². The molecule has 0 radical (unpaired) electrons. The Morgan fingerprint density at radius 1 is 1.00 bits per heavy atom. The van der Waals surface area contributed by atoms with Gasteiger partial charge >= 0.3 is 0 Å². The summed E-state index contributed by atoms with van der Waals surface area (Å²) in [6.07, 6.45) is 0. The van der Waals surface area contributed by atoms with Crippen LogP contribution in [-0.2, 0) is 14.8 Å². The molecule has 0 heterocycles. The predicted molar refractivity (Wildman–Crippen MR) is 125 cm³/mol. The maximum absolute atomic E-state index is 14.5. The van der Waals surface area contributed by atoms with Crippen LogP contribution >= 0.6 is 0 Å². The van der Waals surface area contributed by atoms with Gasteiger partial charge in [-0.1, -0.05) is 30.3 Å². The first-order valence-corrected chi connectivity index (χ1v) is 11.7. The highest BCUT2D eigenvalue weighted by Gasteiger charge is 2.29. The van der Waals surface area contributed by atoms with Crippen LogP contribution < -0.4 is 14.5 Å². The van der Waals surface area contributed by atoms with Crippen molar-refractivity contribution in [2.45, 2.75) is 18.7 Å². The third kappa shape index (κ3) is 5.95. The van der Waals surface area contributed by atoms with E-state index in [-0.39, 0.29) is 10.6 Å². The fourth-order valence-corrected chi connectivity index (χ4v) is 4.46. The molecule has 0 spiro atoms. The summed E-state index contributed by atoms with van der Waals surface area (Å²) in [5, 5.41) is 4.05. The second-order valence-electron chi connectivity index (χ2n) is 6.97. The number of rotatable bonds is 9. The number of hydrogen-bond donors (Lipinski definition) is 1. The molecule has 9 heteroatoms. The van der Waals surface area contributed by atoms with E-state index in [4.69, 9.17) is 4.74 Å². The summed E-state index contributed by atoms with van der Waals surface area (Å²) < 4.78 is 47.0. The van der Waals surface area contributed by atoms with Gasteiger partial charge in [0.25, 0.3) is 15.9 Å². The van der Waals surface area contributed by atoms with Crippen LogP contribution in [-0.4, -0.2) is 33.2 Å². The van der Waals surface area contributed by atoms with Crippen molar-refractivity contribution in [2.75, 3.05) is 17.5 Å². The second kappa shape index (κ2) is 10.7. The summed E-state index contributed by atoms with van der Waals surface area (Å²) >= 11 is 0. The second-order valence-corrected chi connectivity index (χ2v) is 8.83. The molecule has 1 amide bonds. The van der Waals surface area contributed by atoms with Crippen molar-refractivity contribution in [3.63, 3.8) is 0 Å². The third-order valence-electron chi connectivity index (χ3n) is 4.67. The molecule has 0 aliphatic heterocycles. The van der Waals surface area contributed by atoms with Gasteiger partial charge in [0.2, 0.25) is 0 Å². The van der Waals surface area contributed by atoms with Crippen LogP contribution in [0.25, 0.3) is 0 Å².